The molecule has 4 nitrogen and oxygen atoms in total. The fraction of sp³-hybridized carbons (Fsp3) is 0.889. The van der Waals surface area contributed by atoms with E-state index in [1.807, 2.05) is 0 Å². The minimum Gasteiger partial charge on any atom is -0.313 e. The summed E-state index contributed by atoms with van der Waals surface area (Å²) >= 11 is 0. The smallest absolute Gasteiger partial charge is 0.247 e. The highest BCUT2D eigenvalue weighted by atomic mass is 16.7. The van der Waals surface area contributed by atoms with Crippen LogP contribution in [0.1, 0.15) is 25.7 Å². The van der Waals surface area contributed by atoms with Crippen molar-refractivity contribution in [1.29, 1.82) is 0 Å². The lowest BCUT2D eigenvalue weighted by atomic mass is 10.1. The first-order valence-corrected chi connectivity index (χ1v) is 5.03. The van der Waals surface area contributed by atoms with Crippen LogP contribution in [0.15, 0.2) is 0 Å². The van der Waals surface area contributed by atoms with E-state index in [2.05, 4.69) is 5.32 Å². The maximum absolute atomic E-state index is 11.6. The molecule has 1 unspecified atom stereocenters. The molecule has 0 aromatic rings. The predicted octanol–water partition coefficient (Wildman–Crippen LogP) is 0.292. The van der Waals surface area contributed by atoms with Gasteiger partial charge in [-0.15, -0.1) is 0 Å². The van der Waals surface area contributed by atoms with Crippen LogP contribution < -0.4 is 5.32 Å². The van der Waals surface area contributed by atoms with Crippen LogP contribution in [0.25, 0.3) is 0 Å². The van der Waals surface area contributed by atoms with Gasteiger partial charge in [0.1, 0.15) is 0 Å². The van der Waals surface area contributed by atoms with Crippen molar-refractivity contribution >= 4 is 5.91 Å². The fourth-order valence-electron chi connectivity index (χ4n) is 1.89. The lowest BCUT2D eigenvalue weighted by Gasteiger charge is -2.16. The maximum atomic E-state index is 11.6. The highest BCUT2D eigenvalue weighted by Gasteiger charge is 2.24. The van der Waals surface area contributed by atoms with Crippen molar-refractivity contribution in [2.45, 2.75) is 31.7 Å². The van der Waals surface area contributed by atoms with E-state index in [1.54, 1.807) is 0 Å². The molecule has 2 aliphatic heterocycles. The first kappa shape index (κ1) is 8.97. The van der Waals surface area contributed by atoms with Crippen molar-refractivity contribution in [3.63, 3.8) is 0 Å². The van der Waals surface area contributed by atoms with Gasteiger partial charge in [0, 0.05) is 12.5 Å². The highest BCUT2D eigenvalue weighted by molar-refractivity contribution is 5.75. The molecule has 0 aromatic carbocycles. The maximum Gasteiger partial charge on any atom is 0.247 e. The standard InChI is InChI=1S/C9H16N2O2/c12-9(11-5-2-6-13-11)7-8-3-1-4-10-8/h8,10H,1-7H2. The second kappa shape index (κ2) is 4.07. The average molecular weight is 184 g/mol. The molecule has 4 heteroatoms. The number of amides is 1. The van der Waals surface area contributed by atoms with Gasteiger partial charge in [-0.3, -0.25) is 9.63 Å². The van der Waals surface area contributed by atoms with Gasteiger partial charge in [-0.1, -0.05) is 0 Å². The molecule has 1 N–H and O–H groups in total. The van der Waals surface area contributed by atoms with Gasteiger partial charge >= 0.3 is 0 Å². The van der Waals surface area contributed by atoms with Crippen molar-refractivity contribution in [1.82, 2.24) is 10.4 Å². The molecule has 0 bridgehead atoms. The Morgan fingerprint density at radius 2 is 2.46 bits per heavy atom. The molecule has 2 heterocycles. The first-order valence-electron chi connectivity index (χ1n) is 5.03. The van der Waals surface area contributed by atoms with Crippen molar-refractivity contribution in [3.8, 4) is 0 Å². The number of carbonyl (C=O) groups is 1. The molecule has 1 atom stereocenters. The normalized spacial score (nSPS) is 28.3. The Hall–Kier alpha value is -0.610. The molecule has 2 fully saturated rings. The SMILES string of the molecule is O=C(CC1CCCN1)N1CCCO1. The molecular weight excluding hydrogens is 168 g/mol. The van der Waals surface area contributed by atoms with Gasteiger partial charge in [-0.2, -0.15) is 0 Å². The molecule has 13 heavy (non-hydrogen) atoms. The zero-order valence-corrected chi connectivity index (χ0v) is 7.79. The molecule has 2 saturated heterocycles. The third kappa shape index (κ3) is 2.19. The van der Waals surface area contributed by atoms with Crippen molar-refractivity contribution < 1.29 is 9.63 Å². The predicted molar refractivity (Wildman–Crippen MR) is 47.9 cm³/mol. The zero-order valence-electron chi connectivity index (χ0n) is 7.79. The molecule has 2 aliphatic rings. The first-order chi connectivity index (χ1) is 6.36. The van der Waals surface area contributed by atoms with E-state index in [9.17, 15) is 4.79 Å². The van der Waals surface area contributed by atoms with Gasteiger partial charge in [0.2, 0.25) is 5.91 Å². The van der Waals surface area contributed by atoms with Crippen LogP contribution >= 0.6 is 0 Å². The third-order valence-electron chi connectivity index (χ3n) is 2.61. The van der Waals surface area contributed by atoms with Gasteiger partial charge in [0.15, 0.2) is 0 Å². The second-order valence-corrected chi connectivity index (χ2v) is 3.68. The second-order valence-electron chi connectivity index (χ2n) is 3.68. The van der Waals surface area contributed by atoms with Crippen LogP contribution in [-0.4, -0.2) is 36.7 Å². The third-order valence-corrected chi connectivity index (χ3v) is 2.61. The molecular formula is C9H16N2O2. The lowest BCUT2D eigenvalue weighted by molar-refractivity contribution is -0.169. The largest absolute Gasteiger partial charge is 0.313 e. The summed E-state index contributed by atoms with van der Waals surface area (Å²) in [7, 11) is 0. The summed E-state index contributed by atoms with van der Waals surface area (Å²) < 4.78 is 0. The Morgan fingerprint density at radius 3 is 3.08 bits per heavy atom. The minimum absolute atomic E-state index is 0.136. The Kier molecular flexibility index (Phi) is 2.80. The van der Waals surface area contributed by atoms with Crippen molar-refractivity contribution in [3.05, 3.63) is 0 Å². The summed E-state index contributed by atoms with van der Waals surface area (Å²) in [6.07, 6.45) is 3.89. The molecule has 1 amide bonds. The van der Waals surface area contributed by atoms with Crippen LogP contribution in [0.2, 0.25) is 0 Å². The molecule has 0 saturated carbocycles. The molecule has 0 radical (unpaired) electrons. The van der Waals surface area contributed by atoms with E-state index >= 15 is 0 Å². The highest BCUT2D eigenvalue weighted by Crippen LogP contribution is 2.13. The minimum atomic E-state index is 0.136. The van der Waals surface area contributed by atoms with Gasteiger partial charge in [0.05, 0.1) is 13.2 Å². The van der Waals surface area contributed by atoms with Gasteiger partial charge < -0.3 is 5.32 Å². The van der Waals surface area contributed by atoms with Crippen LogP contribution in [0.5, 0.6) is 0 Å². The topological polar surface area (TPSA) is 41.6 Å². The van der Waals surface area contributed by atoms with Gasteiger partial charge in [0.25, 0.3) is 0 Å². The zero-order chi connectivity index (χ0) is 9.10. The van der Waals surface area contributed by atoms with Crippen molar-refractivity contribution in [2.24, 2.45) is 0 Å². The Bertz CT molecular complexity index is 184. The van der Waals surface area contributed by atoms with E-state index in [1.165, 1.54) is 11.5 Å². The van der Waals surface area contributed by atoms with E-state index in [4.69, 9.17) is 4.84 Å². The number of hydrogen-bond donors (Lipinski definition) is 1. The number of carbonyl (C=O) groups excluding carboxylic acids is 1. The number of hydrogen-bond acceptors (Lipinski definition) is 3. The van der Waals surface area contributed by atoms with Gasteiger partial charge in [-0.25, -0.2) is 5.06 Å². The summed E-state index contributed by atoms with van der Waals surface area (Å²) in [5.74, 6) is 0.136. The van der Waals surface area contributed by atoms with E-state index in [0.29, 0.717) is 19.1 Å². The van der Waals surface area contributed by atoms with Crippen molar-refractivity contribution in [2.75, 3.05) is 19.7 Å². The number of nitrogens with zero attached hydrogens (tertiary/aromatic N) is 1. The lowest BCUT2D eigenvalue weighted by Crippen LogP contribution is -2.33. The summed E-state index contributed by atoms with van der Waals surface area (Å²) in [6.45, 7) is 2.52. The van der Waals surface area contributed by atoms with E-state index in [0.717, 1.165) is 25.9 Å². The molecule has 0 spiro atoms. The van der Waals surface area contributed by atoms with Crippen LogP contribution in [0, 0.1) is 0 Å². The summed E-state index contributed by atoms with van der Waals surface area (Å²) in [4.78, 5) is 16.7. The summed E-state index contributed by atoms with van der Waals surface area (Å²) in [5, 5.41) is 4.82. The quantitative estimate of drug-likeness (QED) is 0.670. The molecule has 2 rings (SSSR count). The Balaban J connectivity index is 1.76. The Labute approximate surface area is 78.2 Å². The van der Waals surface area contributed by atoms with Crippen LogP contribution in [0.3, 0.4) is 0 Å². The molecule has 0 aliphatic carbocycles. The van der Waals surface area contributed by atoms with Gasteiger partial charge in [-0.05, 0) is 25.8 Å². The van der Waals surface area contributed by atoms with E-state index < -0.39 is 0 Å². The van der Waals surface area contributed by atoms with Crippen LogP contribution in [-0.2, 0) is 9.63 Å². The summed E-state index contributed by atoms with van der Waals surface area (Å²) in [6, 6.07) is 0.386. The van der Waals surface area contributed by atoms with Crippen LogP contribution in [0.4, 0.5) is 0 Å². The average Bonchev–Trinajstić information content (AvgIpc) is 2.74. The Morgan fingerprint density at radius 1 is 1.54 bits per heavy atom. The summed E-state index contributed by atoms with van der Waals surface area (Å²) in [5.41, 5.74) is 0. The monoisotopic (exact) mass is 184 g/mol. The number of rotatable bonds is 2. The fourth-order valence-corrected chi connectivity index (χ4v) is 1.89. The van der Waals surface area contributed by atoms with E-state index in [-0.39, 0.29) is 5.91 Å². The molecule has 74 valence electrons. The number of nitrogens with one attached hydrogen (secondary N) is 1. The molecule has 0 aromatic heterocycles. The number of hydroxylamine groups is 2.